The second-order valence-electron chi connectivity index (χ2n) is 8.83. The number of rotatable bonds is 11. The Hall–Kier alpha value is -3.20. The van der Waals surface area contributed by atoms with Crippen molar-refractivity contribution in [3.8, 4) is 11.3 Å². The smallest absolute Gasteiger partial charge is 0.389 e. The summed E-state index contributed by atoms with van der Waals surface area (Å²) in [6, 6.07) is 11.0. The normalized spacial score (nSPS) is 14.8. The molecule has 9 heteroatoms. The van der Waals surface area contributed by atoms with Gasteiger partial charge in [-0.1, -0.05) is 23.4 Å². The van der Waals surface area contributed by atoms with Crippen LogP contribution in [0.5, 0.6) is 0 Å². The average Bonchev–Trinajstić information content (AvgIpc) is 3.49. The number of nitrogens with zero attached hydrogens (tertiary/aromatic N) is 4. The van der Waals surface area contributed by atoms with E-state index in [0.717, 1.165) is 35.4 Å². The Labute approximate surface area is 202 Å². The summed E-state index contributed by atoms with van der Waals surface area (Å²) in [5.74, 6) is -0.431. The van der Waals surface area contributed by atoms with Crippen LogP contribution in [0, 0.1) is 0 Å². The number of fused-ring (bicyclic) bond motifs is 1. The number of oxime groups is 1. The number of hydrogen-bond acceptors (Lipinski definition) is 5. The number of aromatic nitrogens is 2. The standard InChI is InChI=1S/C26H29F3N4O2/c27-26(28,29)9-7-23(34)16-20-5-3-6-22(15-20)24-19-30-25-17-21(8-13-33(24)25)18-31-35-14-4-12-32-10-1-2-11-32/h3,5-6,8,13,15,17-19H,1-2,4,7,9-12,14,16H2/b31-18-. The van der Waals surface area contributed by atoms with Crippen molar-refractivity contribution in [2.45, 2.75) is 44.7 Å². The molecule has 35 heavy (non-hydrogen) atoms. The summed E-state index contributed by atoms with van der Waals surface area (Å²) in [6.45, 7) is 3.99. The van der Waals surface area contributed by atoms with Gasteiger partial charge in [0.05, 0.1) is 24.5 Å². The van der Waals surface area contributed by atoms with Gasteiger partial charge in [-0.25, -0.2) is 4.98 Å². The number of Topliss-reactive ketones (excluding diaryl/α,β-unsaturated/α-hetero) is 1. The van der Waals surface area contributed by atoms with Crippen molar-refractivity contribution < 1.29 is 22.8 Å². The van der Waals surface area contributed by atoms with Gasteiger partial charge in [0.1, 0.15) is 18.0 Å². The van der Waals surface area contributed by atoms with Gasteiger partial charge in [-0.2, -0.15) is 13.2 Å². The van der Waals surface area contributed by atoms with Crippen molar-refractivity contribution in [2.24, 2.45) is 5.16 Å². The average molecular weight is 487 g/mol. The van der Waals surface area contributed by atoms with Crippen LogP contribution in [-0.2, 0) is 16.1 Å². The highest BCUT2D eigenvalue weighted by atomic mass is 19.4. The predicted molar refractivity (Wildman–Crippen MR) is 128 cm³/mol. The number of pyridine rings is 1. The zero-order valence-electron chi connectivity index (χ0n) is 19.5. The van der Waals surface area contributed by atoms with Crippen molar-refractivity contribution in [3.05, 3.63) is 59.9 Å². The maximum Gasteiger partial charge on any atom is 0.389 e. The molecular formula is C26H29F3N4O2. The molecule has 1 fully saturated rings. The molecule has 1 aliphatic heterocycles. The molecule has 0 unspecified atom stereocenters. The van der Waals surface area contributed by atoms with Crippen LogP contribution in [-0.4, -0.2) is 58.7 Å². The fourth-order valence-corrected chi connectivity index (χ4v) is 4.24. The molecule has 0 radical (unpaired) electrons. The quantitative estimate of drug-likeness (QED) is 0.210. The number of ketones is 1. The summed E-state index contributed by atoms with van der Waals surface area (Å²) in [5.41, 5.74) is 3.92. The minimum atomic E-state index is -4.32. The van der Waals surface area contributed by atoms with E-state index in [1.54, 1.807) is 24.5 Å². The summed E-state index contributed by atoms with van der Waals surface area (Å²) >= 11 is 0. The van der Waals surface area contributed by atoms with E-state index in [1.807, 2.05) is 34.9 Å². The number of halogens is 3. The molecule has 0 aliphatic carbocycles. The third kappa shape index (κ3) is 7.39. The van der Waals surface area contributed by atoms with Gasteiger partial charge in [-0.05, 0) is 56.1 Å². The third-order valence-electron chi connectivity index (χ3n) is 6.03. The van der Waals surface area contributed by atoms with Crippen molar-refractivity contribution in [3.63, 3.8) is 0 Å². The summed E-state index contributed by atoms with van der Waals surface area (Å²) in [6.07, 6.45) is 2.86. The van der Waals surface area contributed by atoms with Gasteiger partial charge >= 0.3 is 6.18 Å². The van der Waals surface area contributed by atoms with E-state index in [0.29, 0.717) is 12.2 Å². The molecular weight excluding hydrogens is 457 g/mol. The summed E-state index contributed by atoms with van der Waals surface area (Å²) in [7, 11) is 0. The molecule has 186 valence electrons. The highest BCUT2D eigenvalue weighted by Gasteiger charge is 2.27. The van der Waals surface area contributed by atoms with Crippen molar-refractivity contribution in [1.82, 2.24) is 14.3 Å². The lowest BCUT2D eigenvalue weighted by molar-refractivity contribution is -0.143. The molecule has 3 aromatic rings. The summed E-state index contributed by atoms with van der Waals surface area (Å²) in [4.78, 5) is 24.3. The second-order valence-corrected chi connectivity index (χ2v) is 8.83. The minimum Gasteiger partial charge on any atom is -0.396 e. The molecule has 0 saturated carbocycles. The van der Waals surface area contributed by atoms with Crippen LogP contribution >= 0.6 is 0 Å². The van der Waals surface area contributed by atoms with Crippen molar-refractivity contribution >= 4 is 17.6 Å². The number of hydrogen-bond donors (Lipinski definition) is 0. The van der Waals surface area contributed by atoms with Gasteiger partial charge in [0.2, 0.25) is 0 Å². The molecule has 1 saturated heterocycles. The van der Waals surface area contributed by atoms with Crippen molar-refractivity contribution in [2.75, 3.05) is 26.2 Å². The topological polar surface area (TPSA) is 59.2 Å². The Morgan fingerprint density at radius 3 is 2.80 bits per heavy atom. The summed E-state index contributed by atoms with van der Waals surface area (Å²) < 4.78 is 39.0. The zero-order chi connectivity index (χ0) is 24.7. The Morgan fingerprint density at radius 2 is 2.00 bits per heavy atom. The van der Waals surface area contributed by atoms with Crippen LogP contribution in [0.25, 0.3) is 16.9 Å². The zero-order valence-corrected chi connectivity index (χ0v) is 19.5. The summed E-state index contributed by atoms with van der Waals surface area (Å²) in [5, 5.41) is 4.06. The Kier molecular flexibility index (Phi) is 8.17. The minimum absolute atomic E-state index is 0.0285. The van der Waals surface area contributed by atoms with E-state index in [9.17, 15) is 18.0 Å². The van der Waals surface area contributed by atoms with Crippen LogP contribution in [0.4, 0.5) is 13.2 Å². The number of likely N-dealkylation sites (tertiary alicyclic amines) is 1. The first-order valence-corrected chi connectivity index (χ1v) is 11.9. The predicted octanol–water partition coefficient (Wildman–Crippen LogP) is 5.29. The van der Waals surface area contributed by atoms with E-state index in [2.05, 4.69) is 15.0 Å². The van der Waals surface area contributed by atoms with E-state index < -0.39 is 24.8 Å². The maximum absolute atomic E-state index is 12.4. The molecule has 6 nitrogen and oxygen atoms in total. The van der Waals surface area contributed by atoms with Gasteiger partial charge in [0.25, 0.3) is 0 Å². The van der Waals surface area contributed by atoms with Crippen LogP contribution < -0.4 is 0 Å². The number of benzene rings is 1. The van der Waals surface area contributed by atoms with E-state index in [-0.39, 0.29) is 6.42 Å². The van der Waals surface area contributed by atoms with Gasteiger partial charge in [0.15, 0.2) is 0 Å². The monoisotopic (exact) mass is 486 g/mol. The molecule has 0 amide bonds. The van der Waals surface area contributed by atoms with Crippen LogP contribution in [0.2, 0.25) is 0 Å². The number of carbonyl (C=O) groups excluding carboxylic acids is 1. The lowest BCUT2D eigenvalue weighted by Crippen LogP contribution is -2.21. The Balaban J connectivity index is 1.34. The van der Waals surface area contributed by atoms with Gasteiger partial charge < -0.3 is 9.74 Å². The Morgan fingerprint density at radius 1 is 1.17 bits per heavy atom. The highest BCUT2D eigenvalue weighted by Crippen LogP contribution is 2.24. The fraction of sp³-hybridized carbons (Fsp3) is 0.423. The highest BCUT2D eigenvalue weighted by molar-refractivity contribution is 5.82. The molecule has 0 bridgehead atoms. The van der Waals surface area contributed by atoms with Crippen LogP contribution in [0.1, 0.15) is 43.2 Å². The first kappa shape index (κ1) is 24.9. The van der Waals surface area contributed by atoms with E-state index in [1.165, 1.54) is 25.9 Å². The molecule has 1 aromatic carbocycles. The van der Waals surface area contributed by atoms with Crippen molar-refractivity contribution in [1.29, 1.82) is 0 Å². The first-order chi connectivity index (χ1) is 16.9. The van der Waals surface area contributed by atoms with Gasteiger partial charge in [-0.15, -0.1) is 0 Å². The number of carbonyl (C=O) groups is 1. The molecule has 1 aliphatic rings. The molecule has 0 N–H and O–H groups in total. The molecule has 3 heterocycles. The third-order valence-corrected chi connectivity index (χ3v) is 6.03. The lowest BCUT2D eigenvalue weighted by Gasteiger charge is -2.12. The molecule has 4 rings (SSSR count). The van der Waals surface area contributed by atoms with Crippen LogP contribution in [0.3, 0.4) is 0 Å². The van der Waals surface area contributed by atoms with E-state index in [4.69, 9.17) is 4.84 Å². The molecule has 0 spiro atoms. The lowest BCUT2D eigenvalue weighted by atomic mass is 10.0. The van der Waals surface area contributed by atoms with Gasteiger partial charge in [0, 0.05) is 36.7 Å². The van der Waals surface area contributed by atoms with Gasteiger partial charge in [-0.3, -0.25) is 9.20 Å². The van der Waals surface area contributed by atoms with Crippen LogP contribution in [0.15, 0.2) is 53.9 Å². The largest absolute Gasteiger partial charge is 0.396 e. The first-order valence-electron chi connectivity index (χ1n) is 11.9. The fourth-order valence-electron chi connectivity index (χ4n) is 4.24. The molecule has 0 atom stereocenters. The van der Waals surface area contributed by atoms with E-state index >= 15 is 0 Å². The SMILES string of the molecule is O=C(CCC(F)(F)F)Cc1cccc(-c2cnc3cc(/C=N\OCCCN4CCCC4)ccn23)c1. The Bertz CT molecular complexity index is 1170. The molecule has 2 aromatic heterocycles. The number of alkyl halides is 3. The maximum atomic E-state index is 12.4. The second kappa shape index (κ2) is 11.5. The number of imidazole rings is 1.